The van der Waals surface area contributed by atoms with E-state index < -0.39 is 5.97 Å². The minimum Gasteiger partial charge on any atom is -0.462 e. The van der Waals surface area contributed by atoms with Crippen molar-refractivity contribution in [1.82, 2.24) is 9.78 Å². The maximum atomic E-state index is 11.9. The molecule has 5 nitrogen and oxygen atoms in total. The Morgan fingerprint density at radius 2 is 2.18 bits per heavy atom. The van der Waals surface area contributed by atoms with E-state index in [0.717, 1.165) is 12.8 Å². The summed E-state index contributed by atoms with van der Waals surface area (Å²) >= 11 is 0. The van der Waals surface area contributed by atoms with Gasteiger partial charge < -0.3 is 4.74 Å². The summed E-state index contributed by atoms with van der Waals surface area (Å²) < 4.78 is 6.18. The van der Waals surface area contributed by atoms with Gasteiger partial charge in [-0.15, -0.1) is 0 Å². The van der Waals surface area contributed by atoms with Gasteiger partial charge in [-0.3, -0.25) is 4.79 Å². The molecular weight excluding hydrogens is 220 g/mol. The largest absolute Gasteiger partial charge is 0.462 e. The zero-order chi connectivity index (χ0) is 12.8. The first kappa shape index (κ1) is 13.4. The summed E-state index contributed by atoms with van der Waals surface area (Å²) in [5.74, 6) is -0.576. The van der Waals surface area contributed by atoms with Crippen LogP contribution < -0.4 is 5.56 Å². The van der Waals surface area contributed by atoms with Crippen LogP contribution in [0.1, 0.15) is 42.7 Å². The Morgan fingerprint density at radius 3 is 2.76 bits per heavy atom. The van der Waals surface area contributed by atoms with Crippen molar-refractivity contribution in [2.45, 2.75) is 40.2 Å². The highest BCUT2D eigenvalue weighted by Gasteiger charge is 2.14. The molecule has 1 aromatic rings. The van der Waals surface area contributed by atoms with E-state index in [1.165, 1.54) is 10.7 Å². The van der Waals surface area contributed by atoms with Gasteiger partial charge in [-0.05, 0) is 26.3 Å². The van der Waals surface area contributed by atoms with Crippen LogP contribution in [0.5, 0.6) is 0 Å². The van der Waals surface area contributed by atoms with Crippen LogP contribution in [0.2, 0.25) is 0 Å². The van der Waals surface area contributed by atoms with Crippen LogP contribution in [0.15, 0.2) is 10.9 Å². The Balaban J connectivity index is 3.10. The molecule has 0 radical (unpaired) electrons. The van der Waals surface area contributed by atoms with Gasteiger partial charge in [-0.2, -0.15) is 5.10 Å². The van der Waals surface area contributed by atoms with Crippen molar-refractivity contribution in [3.63, 3.8) is 0 Å². The number of rotatable bonds is 5. The van der Waals surface area contributed by atoms with Crippen molar-refractivity contribution >= 4 is 5.97 Å². The van der Waals surface area contributed by atoms with Gasteiger partial charge >= 0.3 is 5.97 Å². The van der Waals surface area contributed by atoms with Crippen molar-refractivity contribution in [3.8, 4) is 0 Å². The van der Waals surface area contributed by atoms with Crippen LogP contribution >= 0.6 is 0 Å². The normalized spacial score (nSPS) is 10.3. The van der Waals surface area contributed by atoms with Gasteiger partial charge in [0.15, 0.2) is 0 Å². The summed E-state index contributed by atoms with van der Waals surface area (Å²) in [4.78, 5) is 23.5. The molecular formula is C12H18N2O3. The van der Waals surface area contributed by atoms with Crippen molar-refractivity contribution < 1.29 is 9.53 Å². The molecule has 5 heteroatoms. The number of aryl methyl sites for hydroxylation is 2. The molecule has 0 unspecified atom stereocenters. The predicted octanol–water partition coefficient (Wildman–Crippen LogP) is 1.53. The Hall–Kier alpha value is -1.65. The highest BCUT2D eigenvalue weighted by Crippen LogP contribution is 1.99. The van der Waals surface area contributed by atoms with Crippen LogP contribution in [-0.2, 0) is 11.3 Å². The lowest BCUT2D eigenvalue weighted by Crippen LogP contribution is -2.30. The van der Waals surface area contributed by atoms with Gasteiger partial charge in [0.2, 0.25) is 0 Å². The quantitative estimate of drug-likeness (QED) is 0.730. The molecule has 0 fully saturated rings. The zero-order valence-electron chi connectivity index (χ0n) is 10.5. The molecule has 1 heterocycles. The molecule has 0 saturated carbocycles. The second-order valence-corrected chi connectivity index (χ2v) is 3.80. The standard InChI is InChI=1S/C12H18N2O3/c1-4-6-7-14-11(15)10(8-9(3)13-14)12(16)17-5-2/h8H,4-7H2,1-3H3. The molecule has 0 N–H and O–H groups in total. The average molecular weight is 238 g/mol. The molecule has 0 aliphatic rings. The first-order chi connectivity index (χ1) is 8.10. The summed E-state index contributed by atoms with van der Waals surface area (Å²) in [5, 5.41) is 4.11. The van der Waals surface area contributed by atoms with E-state index in [4.69, 9.17) is 4.74 Å². The molecule has 94 valence electrons. The first-order valence-electron chi connectivity index (χ1n) is 5.86. The monoisotopic (exact) mass is 238 g/mol. The smallest absolute Gasteiger partial charge is 0.343 e. The molecule has 0 spiro atoms. The molecule has 0 aliphatic carbocycles. The summed E-state index contributed by atoms with van der Waals surface area (Å²) in [7, 11) is 0. The molecule has 0 aromatic carbocycles. The lowest BCUT2D eigenvalue weighted by Gasteiger charge is -2.07. The Labute approximate surface area is 100 Å². The van der Waals surface area contributed by atoms with Crippen molar-refractivity contribution in [2.24, 2.45) is 0 Å². The van der Waals surface area contributed by atoms with E-state index in [2.05, 4.69) is 5.10 Å². The Bertz CT molecular complexity index is 452. The fourth-order valence-corrected chi connectivity index (χ4v) is 1.49. The zero-order valence-corrected chi connectivity index (χ0v) is 10.5. The van der Waals surface area contributed by atoms with Gasteiger partial charge in [0.05, 0.1) is 12.3 Å². The second-order valence-electron chi connectivity index (χ2n) is 3.80. The van der Waals surface area contributed by atoms with Crippen molar-refractivity contribution in [1.29, 1.82) is 0 Å². The Kier molecular flexibility index (Phi) is 4.87. The van der Waals surface area contributed by atoms with Crippen molar-refractivity contribution in [2.75, 3.05) is 6.61 Å². The lowest BCUT2D eigenvalue weighted by atomic mass is 10.2. The summed E-state index contributed by atoms with van der Waals surface area (Å²) in [6.07, 6.45) is 1.83. The number of carbonyl (C=O) groups is 1. The maximum absolute atomic E-state index is 11.9. The number of aromatic nitrogens is 2. The molecule has 1 rings (SSSR count). The maximum Gasteiger partial charge on any atom is 0.343 e. The second kappa shape index (κ2) is 6.18. The number of nitrogens with zero attached hydrogens (tertiary/aromatic N) is 2. The Morgan fingerprint density at radius 1 is 1.47 bits per heavy atom. The van der Waals surface area contributed by atoms with Crippen LogP contribution in [0.4, 0.5) is 0 Å². The van der Waals surface area contributed by atoms with Crippen LogP contribution in [0.25, 0.3) is 0 Å². The minimum atomic E-state index is -0.576. The third-order valence-electron chi connectivity index (χ3n) is 2.32. The van der Waals surface area contributed by atoms with E-state index in [-0.39, 0.29) is 17.7 Å². The lowest BCUT2D eigenvalue weighted by molar-refractivity contribution is 0.0522. The van der Waals surface area contributed by atoms with Gasteiger partial charge in [0, 0.05) is 6.54 Å². The van der Waals surface area contributed by atoms with Crippen LogP contribution in [-0.4, -0.2) is 22.4 Å². The van der Waals surface area contributed by atoms with Gasteiger partial charge in [0.25, 0.3) is 5.56 Å². The molecule has 0 saturated heterocycles. The van der Waals surface area contributed by atoms with Gasteiger partial charge in [-0.25, -0.2) is 9.48 Å². The van der Waals surface area contributed by atoms with E-state index in [0.29, 0.717) is 12.2 Å². The third-order valence-corrected chi connectivity index (χ3v) is 2.32. The van der Waals surface area contributed by atoms with E-state index in [1.54, 1.807) is 13.8 Å². The summed E-state index contributed by atoms with van der Waals surface area (Å²) in [6, 6.07) is 1.47. The van der Waals surface area contributed by atoms with E-state index in [1.807, 2.05) is 6.92 Å². The van der Waals surface area contributed by atoms with E-state index in [9.17, 15) is 9.59 Å². The van der Waals surface area contributed by atoms with Crippen LogP contribution in [0, 0.1) is 6.92 Å². The number of hydrogen-bond acceptors (Lipinski definition) is 4. The summed E-state index contributed by atoms with van der Waals surface area (Å²) in [6.45, 7) is 6.29. The van der Waals surface area contributed by atoms with Gasteiger partial charge in [-0.1, -0.05) is 13.3 Å². The summed E-state index contributed by atoms with van der Waals surface area (Å²) in [5.41, 5.74) is 0.335. The number of esters is 1. The molecule has 0 atom stereocenters. The fraction of sp³-hybridized carbons (Fsp3) is 0.583. The average Bonchev–Trinajstić information content (AvgIpc) is 2.30. The number of unbranched alkanes of at least 4 members (excludes halogenated alkanes) is 1. The number of carbonyl (C=O) groups excluding carboxylic acids is 1. The van der Waals surface area contributed by atoms with Crippen LogP contribution in [0.3, 0.4) is 0 Å². The molecule has 17 heavy (non-hydrogen) atoms. The third kappa shape index (κ3) is 3.41. The highest BCUT2D eigenvalue weighted by molar-refractivity contribution is 5.88. The molecule has 0 aliphatic heterocycles. The highest BCUT2D eigenvalue weighted by atomic mass is 16.5. The number of hydrogen-bond donors (Lipinski definition) is 0. The first-order valence-corrected chi connectivity index (χ1v) is 5.86. The molecule has 0 amide bonds. The predicted molar refractivity (Wildman–Crippen MR) is 64.1 cm³/mol. The van der Waals surface area contributed by atoms with E-state index >= 15 is 0 Å². The van der Waals surface area contributed by atoms with Gasteiger partial charge in [0.1, 0.15) is 5.56 Å². The number of ether oxygens (including phenoxy) is 1. The topological polar surface area (TPSA) is 61.2 Å². The minimum absolute atomic E-state index is 0.0652. The molecule has 0 bridgehead atoms. The molecule has 1 aromatic heterocycles. The fourth-order valence-electron chi connectivity index (χ4n) is 1.49. The van der Waals surface area contributed by atoms with Crippen molar-refractivity contribution in [3.05, 3.63) is 27.7 Å². The SMILES string of the molecule is CCCCn1nc(C)cc(C(=O)OCC)c1=O.